The van der Waals surface area contributed by atoms with Crippen molar-refractivity contribution in [3.63, 3.8) is 0 Å². The molecular formula is C19H20ClN3O3. The number of rotatable bonds is 4. The highest BCUT2D eigenvalue weighted by Crippen LogP contribution is 2.35. The molecule has 1 aliphatic rings. The van der Waals surface area contributed by atoms with Crippen LogP contribution in [-0.4, -0.2) is 25.5 Å². The van der Waals surface area contributed by atoms with Crippen molar-refractivity contribution in [2.24, 2.45) is 5.92 Å². The molecule has 6 nitrogen and oxygen atoms in total. The first kappa shape index (κ1) is 18.1. The number of hydrogen-bond donors (Lipinski definition) is 2. The Morgan fingerprint density at radius 3 is 2.81 bits per heavy atom. The number of anilines is 3. The van der Waals surface area contributed by atoms with E-state index in [4.69, 9.17) is 22.1 Å². The minimum absolute atomic E-state index is 0.128. The monoisotopic (exact) mass is 373 g/mol. The number of hydrogen-bond acceptors (Lipinski definition) is 4. The van der Waals surface area contributed by atoms with Crippen LogP contribution in [0.4, 0.5) is 17.1 Å². The van der Waals surface area contributed by atoms with Crippen molar-refractivity contribution in [2.75, 3.05) is 29.6 Å². The van der Waals surface area contributed by atoms with Gasteiger partial charge in [-0.2, -0.15) is 0 Å². The molecular weight excluding hydrogens is 354 g/mol. The van der Waals surface area contributed by atoms with Crippen LogP contribution in [-0.2, 0) is 9.59 Å². The Morgan fingerprint density at radius 2 is 2.08 bits per heavy atom. The number of amides is 2. The van der Waals surface area contributed by atoms with Gasteiger partial charge in [-0.3, -0.25) is 9.59 Å². The second-order valence-corrected chi connectivity index (χ2v) is 6.72. The molecule has 0 bridgehead atoms. The maximum absolute atomic E-state index is 12.6. The molecule has 0 spiro atoms. The van der Waals surface area contributed by atoms with E-state index in [0.29, 0.717) is 27.8 Å². The number of carbonyl (C=O) groups excluding carboxylic acids is 2. The first-order valence-corrected chi connectivity index (χ1v) is 8.57. The van der Waals surface area contributed by atoms with E-state index in [1.807, 2.05) is 13.0 Å². The predicted molar refractivity (Wildman–Crippen MR) is 103 cm³/mol. The van der Waals surface area contributed by atoms with Crippen LogP contribution >= 0.6 is 11.6 Å². The van der Waals surface area contributed by atoms with Crippen LogP contribution in [0, 0.1) is 12.8 Å². The Balaban J connectivity index is 1.78. The van der Waals surface area contributed by atoms with Crippen LogP contribution in [0.3, 0.4) is 0 Å². The molecule has 0 radical (unpaired) electrons. The van der Waals surface area contributed by atoms with E-state index in [0.717, 1.165) is 5.56 Å². The lowest BCUT2D eigenvalue weighted by atomic mass is 10.1. The number of ether oxygens (including phenoxy) is 1. The van der Waals surface area contributed by atoms with E-state index in [1.165, 1.54) is 7.11 Å². The van der Waals surface area contributed by atoms with Gasteiger partial charge < -0.3 is 20.7 Å². The van der Waals surface area contributed by atoms with Crippen LogP contribution in [0.15, 0.2) is 36.4 Å². The zero-order valence-electron chi connectivity index (χ0n) is 14.6. The van der Waals surface area contributed by atoms with Gasteiger partial charge in [0.2, 0.25) is 11.8 Å². The van der Waals surface area contributed by atoms with E-state index in [9.17, 15) is 9.59 Å². The fourth-order valence-corrected chi connectivity index (χ4v) is 3.17. The van der Waals surface area contributed by atoms with Crippen molar-refractivity contribution in [3.05, 3.63) is 47.0 Å². The fraction of sp³-hybridized carbons (Fsp3) is 0.263. The molecule has 7 heteroatoms. The fourth-order valence-electron chi connectivity index (χ4n) is 3.00. The van der Waals surface area contributed by atoms with Gasteiger partial charge in [-0.25, -0.2) is 0 Å². The molecule has 26 heavy (non-hydrogen) atoms. The molecule has 3 N–H and O–H groups in total. The molecule has 136 valence electrons. The summed E-state index contributed by atoms with van der Waals surface area (Å²) in [5.74, 6) is -0.284. The average molecular weight is 374 g/mol. The van der Waals surface area contributed by atoms with Gasteiger partial charge in [-0.1, -0.05) is 17.7 Å². The summed E-state index contributed by atoms with van der Waals surface area (Å²) in [7, 11) is 1.53. The number of benzene rings is 2. The van der Waals surface area contributed by atoms with E-state index in [2.05, 4.69) is 5.32 Å². The van der Waals surface area contributed by atoms with Gasteiger partial charge in [0.15, 0.2) is 0 Å². The number of nitrogens with two attached hydrogens (primary N) is 1. The van der Waals surface area contributed by atoms with Crippen molar-refractivity contribution < 1.29 is 14.3 Å². The standard InChI is InChI=1S/C19H20ClN3O3/c1-11-3-5-14(21)9-15(11)22-19(25)12-7-18(24)23(10-12)16-8-13(20)4-6-17(16)26-2/h3-6,8-9,12H,7,10,21H2,1-2H3,(H,22,25). The van der Waals surface area contributed by atoms with Crippen molar-refractivity contribution in [2.45, 2.75) is 13.3 Å². The number of carbonyl (C=O) groups is 2. The Morgan fingerprint density at radius 1 is 1.31 bits per heavy atom. The van der Waals surface area contributed by atoms with Crippen LogP contribution in [0.25, 0.3) is 0 Å². The Bertz CT molecular complexity index is 869. The Labute approximate surface area is 156 Å². The molecule has 0 aliphatic carbocycles. The van der Waals surface area contributed by atoms with E-state index in [1.54, 1.807) is 35.2 Å². The third-order valence-electron chi connectivity index (χ3n) is 4.45. The van der Waals surface area contributed by atoms with Gasteiger partial charge in [0.25, 0.3) is 0 Å². The molecule has 0 saturated carbocycles. The Kier molecular flexibility index (Phi) is 5.04. The van der Waals surface area contributed by atoms with Gasteiger partial charge >= 0.3 is 0 Å². The van der Waals surface area contributed by atoms with Crippen molar-refractivity contribution in [1.82, 2.24) is 0 Å². The molecule has 2 amide bonds. The Hall–Kier alpha value is -2.73. The van der Waals surface area contributed by atoms with E-state index < -0.39 is 5.92 Å². The zero-order valence-corrected chi connectivity index (χ0v) is 15.3. The van der Waals surface area contributed by atoms with Crippen LogP contribution < -0.4 is 20.7 Å². The average Bonchev–Trinajstić information content (AvgIpc) is 3.00. The second-order valence-electron chi connectivity index (χ2n) is 6.29. The van der Waals surface area contributed by atoms with Gasteiger partial charge in [-0.15, -0.1) is 0 Å². The van der Waals surface area contributed by atoms with Gasteiger partial charge in [0, 0.05) is 29.4 Å². The van der Waals surface area contributed by atoms with Gasteiger partial charge in [-0.05, 0) is 42.8 Å². The lowest BCUT2D eigenvalue weighted by Crippen LogP contribution is -2.28. The number of nitrogen functional groups attached to an aromatic ring is 1. The number of halogens is 1. The predicted octanol–water partition coefficient (Wildman–Crippen LogP) is 3.23. The smallest absolute Gasteiger partial charge is 0.229 e. The highest BCUT2D eigenvalue weighted by Gasteiger charge is 2.36. The second kappa shape index (κ2) is 7.25. The summed E-state index contributed by atoms with van der Waals surface area (Å²) in [6, 6.07) is 10.4. The van der Waals surface area contributed by atoms with Crippen LogP contribution in [0.5, 0.6) is 5.75 Å². The van der Waals surface area contributed by atoms with Crippen molar-refractivity contribution >= 4 is 40.5 Å². The molecule has 1 heterocycles. The summed E-state index contributed by atoms with van der Waals surface area (Å²) in [6.45, 7) is 2.15. The third kappa shape index (κ3) is 3.60. The van der Waals surface area contributed by atoms with E-state index in [-0.39, 0.29) is 24.8 Å². The first-order chi connectivity index (χ1) is 12.4. The minimum atomic E-state index is -0.466. The van der Waals surface area contributed by atoms with Gasteiger partial charge in [0.1, 0.15) is 5.75 Å². The van der Waals surface area contributed by atoms with E-state index >= 15 is 0 Å². The SMILES string of the molecule is COc1ccc(Cl)cc1N1CC(C(=O)Nc2cc(N)ccc2C)CC1=O. The molecule has 1 saturated heterocycles. The molecule has 1 unspecified atom stereocenters. The number of aryl methyl sites for hydroxylation is 1. The molecule has 2 aromatic carbocycles. The third-order valence-corrected chi connectivity index (χ3v) is 4.68. The molecule has 1 aliphatic heterocycles. The number of nitrogens with zero attached hydrogens (tertiary/aromatic N) is 1. The lowest BCUT2D eigenvalue weighted by Gasteiger charge is -2.20. The van der Waals surface area contributed by atoms with Crippen molar-refractivity contribution in [1.29, 1.82) is 0 Å². The maximum atomic E-state index is 12.6. The van der Waals surface area contributed by atoms with Crippen molar-refractivity contribution in [3.8, 4) is 5.75 Å². The number of methoxy groups -OCH3 is 1. The van der Waals surface area contributed by atoms with Gasteiger partial charge in [0.05, 0.1) is 18.7 Å². The maximum Gasteiger partial charge on any atom is 0.229 e. The summed E-state index contributed by atoms with van der Waals surface area (Å²) in [6.07, 6.45) is 0.128. The molecule has 1 atom stereocenters. The summed E-state index contributed by atoms with van der Waals surface area (Å²) in [4.78, 5) is 26.6. The molecule has 0 aromatic heterocycles. The molecule has 1 fully saturated rings. The summed E-state index contributed by atoms with van der Waals surface area (Å²) < 4.78 is 5.31. The van der Waals surface area contributed by atoms with Crippen LogP contribution in [0.2, 0.25) is 5.02 Å². The largest absolute Gasteiger partial charge is 0.495 e. The number of nitrogens with one attached hydrogen (secondary N) is 1. The first-order valence-electron chi connectivity index (χ1n) is 8.20. The summed E-state index contributed by atoms with van der Waals surface area (Å²) in [5.41, 5.74) is 8.48. The quantitative estimate of drug-likeness (QED) is 0.806. The molecule has 2 aromatic rings. The minimum Gasteiger partial charge on any atom is -0.495 e. The highest BCUT2D eigenvalue weighted by atomic mass is 35.5. The summed E-state index contributed by atoms with van der Waals surface area (Å²) >= 11 is 6.05. The topological polar surface area (TPSA) is 84.7 Å². The highest BCUT2D eigenvalue weighted by molar-refractivity contribution is 6.31. The normalized spacial score (nSPS) is 16.7. The lowest BCUT2D eigenvalue weighted by molar-refractivity contribution is -0.122. The summed E-state index contributed by atoms with van der Waals surface area (Å²) in [5, 5.41) is 3.37. The molecule has 3 rings (SSSR count). The zero-order chi connectivity index (χ0) is 18.8. The van der Waals surface area contributed by atoms with Crippen LogP contribution in [0.1, 0.15) is 12.0 Å².